The van der Waals surface area contributed by atoms with E-state index in [0.29, 0.717) is 6.04 Å². The summed E-state index contributed by atoms with van der Waals surface area (Å²) in [6.07, 6.45) is 7.02. The summed E-state index contributed by atoms with van der Waals surface area (Å²) >= 11 is 0. The smallest absolute Gasteiger partial charge is 0.127 e. The fourth-order valence-electron chi connectivity index (χ4n) is 2.30. The first-order valence-corrected chi connectivity index (χ1v) is 7.19. The lowest BCUT2D eigenvalue weighted by Crippen LogP contribution is -2.41. The summed E-state index contributed by atoms with van der Waals surface area (Å²) in [5.41, 5.74) is -0.161. The molecule has 0 aromatic rings. The van der Waals surface area contributed by atoms with Crippen LogP contribution in [0.5, 0.6) is 0 Å². The van der Waals surface area contributed by atoms with Gasteiger partial charge in [-0.3, -0.25) is 4.90 Å². The van der Waals surface area contributed by atoms with Crippen LogP contribution >= 0.6 is 0 Å². The van der Waals surface area contributed by atoms with Crippen molar-refractivity contribution >= 4 is 6.29 Å². The van der Waals surface area contributed by atoms with Crippen LogP contribution in [0.1, 0.15) is 66.7 Å². The maximum Gasteiger partial charge on any atom is 0.127 e. The molecule has 0 aliphatic carbocycles. The van der Waals surface area contributed by atoms with Crippen molar-refractivity contribution in [3.63, 3.8) is 0 Å². The normalized spacial score (nSPS) is 15.2. The van der Waals surface area contributed by atoms with Crippen molar-refractivity contribution in [1.29, 1.82) is 0 Å². The molecule has 0 saturated heterocycles. The molecule has 0 spiro atoms. The van der Waals surface area contributed by atoms with E-state index < -0.39 is 0 Å². The topological polar surface area (TPSA) is 20.3 Å². The van der Waals surface area contributed by atoms with Gasteiger partial charge in [0.15, 0.2) is 0 Å². The van der Waals surface area contributed by atoms with Crippen molar-refractivity contribution in [2.24, 2.45) is 5.41 Å². The summed E-state index contributed by atoms with van der Waals surface area (Å²) < 4.78 is 0. The molecule has 0 aliphatic rings. The first kappa shape index (κ1) is 16.6. The van der Waals surface area contributed by atoms with E-state index in [-0.39, 0.29) is 5.41 Å². The molecule has 0 amide bonds. The largest absolute Gasteiger partial charge is 0.303 e. The quantitative estimate of drug-likeness (QED) is 0.427. The second-order valence-electron chi connectivity index (χ2n) is 5.79. The van der Waals surface area contributed by atoms with Crippen molar-refractivity contribution in [3.8, 4) is 0 Å². The predicted octanol–water partition coefficient (Wildman–Crippen LogP) is 3.89. The summed E-state index contributed by atoms with van der Waals surface area (Å²) in [4.78, 5) is 13.7. The number of hydrogen-bond acceptors (Lipinski definition) is 2. The Bertz CT molecular complexity index is 203. The Hall–Kier alpha value is -0.370. The van der Waals surface area contributed by atoms with Gasteiger partial charge in [-0.2, -0.15) is 0 Å². The molecule has 0 saturated carbocycles. The van der Waals surface area contributed by atoms with Gasteiger partial charge in [-0.25, -0.2) is 0 Å². The van der Waals surface area contributed by atoms with Gasteiger partial charge >= 0.3 is 0 Å². The van der Waals surface area contributed by atoms with Crippen LogP contribution in [0.2, 0.25) is 0 Å². The Morgan fingerprint density at radius 3 is 2.24 bits per heavy atom. The molecule has 17 heavy (non-hydrogen) atoms. The van der Waals surface area contributed by atoms with Crippen molar-refractivity contribution in [3.05, 3.63) is 0 Å². The standard InChI is InChI=1S/C15H31NO/c1-6-8-9-11-16(14(3)4)12-15(5,13-17)10-7-2/h13-14H,6-12H2,1-5H3. The van der Waals surface area contributed by atoms with Crippen molar-refractivity contribution < 1.29 is 4.79 Å². The van der Waals surface area contributed by atoms with Crippen LogP contribution in [0.25, 0.3) is 0 Å². The molecule has 102 valence electrons. The number of carbonyl (C=O) groups is 1. The van der Waals surface area contributed by atoms with E-state index in [1.54, 1.807) is 0 Å². The lowest BCUT2D eigenvalue weighted by atomic mass is 9.86. The molecule has 0 aliphatic heterocycles. The van der Waals surface area contributed by atoms with Gasteiger partial charge < -0.3 is 4.79 Å². The molecule has 0 aromatic heterocycles. The number of unbranched alkanes of at least 4 members (excludes halogenated alkanes) is 2. The highest BCUT2D eigenvalue weighted by atomic mass is 16.1. The van der Waals surface area contributed by atoms with E-state index in [0.717, 1.165) is 32.2 Å². The number of hydrogen-bond donors (Lipinski definition) is 0. The van der Waals surface area contributed by atoms with E-state index in [4.69, 9.17) is 0 Å². The highest BCUT2D eigenvalue weighted by Gasteiger charge is 2.26. The highest BCUT2D eigenvalue weighted by Crippen LogP contribution is 2.23. The maximum absolute atomic E-state index is 11.3. The van der Waals surface area contributed by atoms with Crippen LogP contribution in [0.4, 0.5) is 0 Å². The Morgan fingerprint density at radius 1 is 1.18 bits per heavy atom. The molecule has 1 atom stereocenters. The molecular formula is C15H31NO. The SMILES string of the molecule is CCCCCN(CC(C)(C=O)CCC)C(C)C. The van der Waals surface area contributed by atoms with Crippen LogP contribution in [0.3, 0.4) is 0 Å². The zero-order valence-electron chi connectivity index (χ0n) is 12.5. The fraction of sp³-hybridized carbons (Fsp3) is 0.933. The summed E-state index contributed by atoms with van der Waals surface area (Å²) in [5.74, 6) is 0. The third kappa shape index (κ3) is 6.82. The molecule has 0 N–H and O–H groups in total. The first-order valence-electron chi connectivity index (χ1n) is 7.19. The number of nitrogens with zero attached hydrogens (tertiary/aromatic N) is 1. The van der Waals surface area contributed by atoms with Gasteiger partial charge in [0.05, 0.1) is 0 Å². The van der Waals surface area contributed by atoms with Crippen LogP contribution in [-0.4, -0.2) is 30.3 Å². The van der Waals surface area contributed by atoms with Gasteiger partial charge in [-0.05, 0) is 33.2 Å². The molecule has 0 bridgehead atoms. The lowest BCUT2D eigenvalue weighted by Gasteiger charge is -2.34. The monoisotopic (exact) mass is 241 g/mol. The molecule has 0 heterocycles. The third-order valence-corrected chi connectivity index (χ3v) is 3.45. The van der Waals surface area contributed by atoms with Crippen LogP contribution < -0.4 is 0 Å². The first-order chi connectivity index (χ1) is 7.99. The second kappa shape index (κ2) is 8.68. The molecule has 2 heteroatoms. The van der Waals surface area contributed by atoms with Gasteiger partial charge in [0.1, 0.15) is 6.29 Å². The number of aldehydes is 1. The van der Waals surface area contributed by atoms with Crippen LogP contribution in [-0.2, 0) is 4.79 Å². The van der Waals surface area contributed by atoms with Gasteiger partial charge in [-0.1, -0.05) is 40.0 Å². The average Bonchev–Trinajstić information content (AvgIpc) is 2.28. The molecule has 0 rings (SSSR count). The minimum Gasteiger partial charge on any atom is -0.303 e. The summed E-state index contributed by atoms with van der Waals surface area (Å²) in [6, 6.07) is 0.531. The van der Waals surface area contributed by atoms with E-state index in [1.807, 2.05) is 0 Å². The molecule has 0 fully saturated rings. The van der Waals surface area contributed by atoms with Crippen molar-refractivity contribution in [1.82, 2.24) is 4.90 Å². The fourth-order valence-corrected chi connectivity index (χ4v) is 2.30. The van der Waals surface area contributed by atoms with Gasteiger partial charge in [0.25, 0.3) is 0 Å². The number of rotatable bonds is 10. The second-order valence-corrected chi connectivity index (χ2v) is 5.79. The predicted molar refractivity (Wildman–Crippen MR) is 75.3 cm³/mol. The Labute approximate surface area is 108 Å². The summed E-state index contributed by atoms with van der Waals surface area (Å²) in [5, 5.41) is 0. The third-order valence-electron chi connectivity index (χ3n) is 3.45. The Kier molecular flexibility index (Phi) is 8.49. The Morgan fingerprint density at radius 2 is 1.82 bits per heavy atom. The van der Waals surface area contributed by atoms with Crippen LogP contribution in [0, 0.1) is 5.41 Å². The molecule has 1 unspecified atom stereocenters. The van der Waals surface area contributed by atoms with E-state index in [1.165, 1.54) is 19.3 Å². The minimum absolute atomic E-state index is 0.161. The molecule has 0 aromatic carbocycles. The molecule has 2 nitrogen and oxygen atoms in total. The van der Waals surface area contributed by atoms with Crippen LogP contribution in [0.15, 0.2) is 0 Å². The van der Waals surface area contributed by atoms with Gasteiger partial charge in [0.2, 0.25) is 0 Å². The summed E-state index contributed by atoms with van der Waals surface area (Å²) in [7, 11) is 0. The minimum atomic E-state index is -0.161. The lowest BCUT2D eigenvalue weighted by molar-refractivity contribution is -0.117. The van der Waals surface area contributed by atoms with Gasteiger partial charge in [-0.15, -0.1) is 0 Å². The highest BCUT2D eigenvalue weighted by molar-refractivity contribution is 5.59. The van der Waals surface area contributed by atoms with E-state index in [2.05, 4.69) is 39.5 Å². The zero-order chi connectivity index (χ0) is 13.3. The van der Waals surface area contributed by atoms with Gasteiger partial charge in [0, 0.05) is 18.0 Å². The maximum atomic E-state index is 11.3. The molecule has 0 radical (unpaired) electrons. The zero-order valence-corrected chi connectivity index (χ0v) is 12.5. The van der Waals surface area contributed by atoms with E-state index in [9.17, 15) is 4.79 Å². The Balaban J connectivity index is 4.34. The van der Waals surface area contributed by atoms with E-state index >= 15 is 0 Å². The number of carbonyl (C=O) groups excluding carboxylic acids is 1. The van der Waals surface area contributed by atoms with Crippen molar-refractivity contribution in [2.75, 3.05) is 13.1 Å². The molecular weight excluding hydrogens is 210 g/mol. The van der Waals surface area contributed by atoms with Crippen molar-refractivity contribution in [2.45, 2.75) is 72.8 Å². The average molecular weight is 241 g/mol. The summed E-state index contributed by atoms with van der Waals surface area (Å²) in [6.45, 7) is 13.0.